The summed E-state index contributed by atoms with van der Waals surface area (Å²) in [6.07, 6.45) is 0. The smallest absolute Gasteiger partial charge is 0.319 e. The van der Waals surface area contributed by atoms with E-state index in [0.717, 1.165) is 21.3 Å². The van der Waals surface area contributed by atoms with Gasteiger partial charge in [-0.1, -0.05) is 28.1 Å². The van der Waals surface area contributed by atoms with Crippen LogP contribution in [0.3, 0.4) is 0 Å². The van der Waals surface area contributed by atoms with Crippen LogP contribution in [0.4, 0.5) is 14.9 Å². The summed E-state index contributed by atoms with van der Waals surface area (Å²) in [4.78, 5) is 14.1. The van der Waals surface area contributed by atoms with Crippen LogP contribution in [-0.2, 0) is 0 Å². The summed E-state index contributed by atoms with van der Waals surface area (Å²) in [5.74, 6) is -0.283. The zero-order valence-corrected chi connectivity index (χ0v) is 15.5. The molecule has 2 rings (SSSR count). The van der Waals surface area contributed by atoms with Gasteiger partial charge in [-0.3, -0.25) is 0 Å². The molecule has 2 amide bonds. The summed E-state index contributed by atoms with van der Waals surface area (Å²) in [6.45, 7) is 2.30. The molecule has 0 radical (unpaired) electrons. The minimum atomic E-state index is -0.288. The highest BCUT2D eigenvalue weighted by Crippen LogP contribution is 2.20. The number of hydrogen-bond donors (Lipinski definition) is 2. The van der Waals surface area contributed by atoms with Gasteiger partial charge in [-0.05, 0) is 62.5 Å². The fourth-order valence-corrected chi connectivity index (χ4v) is 2.91. The van der Waals surface area contributed by atoms with Crippen LogP contribution >= 0.6 is 15.9 Å². The number of benzene rings is 2. The highest BCUT2D eigenvalue weighted by atomic mass is 79.9. The van der Waals surface area contributed by atoms with E-state index in [1.807, 2.05) is 50.2 Å². The Hall–Kier alpha value is -1.92. The van der Waals surface area contributed by atoms with Gasteiger partial charge in [0, 0.05) is 16.7 Å². The standard InChI is InChI=1S/C18H21BrFN3O/c1-12-9-14(19)7-8-16(12)22-18(24)21-11-17(23(2)3)13-5-4-6-15(20)10-13/h4-10,17H,11H2,1-3H3,(H2,21,22,24). The molecule has 2 N–H and O–H groups in total. The maximum atomic E-state index is 13.4. The van der Waals surface area contributed by atoms with Crippen LogP contribution in [0.1, 0.15) is 17.2 Å². The van der Waals surface area contributed by atoms with Crippen LogP contribution in [0.25, 0.3) is 0 Å². The maximum Gasteiger partial charge on any atom is 0.319 e. The molecule has 4 nitrogen and oxygen atoms in total. The molecule has 0 saturated carbocycles. The van der Waals surface area contributed by atoms with E-state index in [-0.39, 0.29) is 17.9 Å². The van der Waals surface area contributed by atoms with E-state index in [1.165, 1.54) is 12.1 Å². The lowest BCUT2D eigenvalue weighted by Gasteiger charge is -2.25. The first-order valence-electron chi connectivity index (χ1n) is 7.59. The molecule has 1 atom stereocenters. The average Bonchev–Trinajstić information content (AvgIpc) is 2.50. The molecule has 128 valence electrons. The summed E-state index contributed by atoms with van der Waals surface area (Å²) < 4.78 is 14.4. The number of nitrogens with zero attached hydrogens (tertiary/aromatic N) is 1. The van der Waals surface area contributed by atoms with E-state index >= 15 is 0 Å². The molecule has 0 bridgehead atoms. The predicted octanol–water partition coefficient (Wildman–Crippen LogP) is 4.32. The number of urea groups is 1. The van der Waals surface area contributed by atoms with Gasteiger partial charge in [-0.25, -0.2) is 9.18 Å². The number of rotatable bonds is 5. The van der Waals surface area contributed by atoms with E-state index in [1.54, 1.807) is 6.07 Å². The summed E-state index contributed by atoms with van der Waals surface area (Å²) in [5.41, 5.74) is 2.54. The SMILES string of the molecule is Cc1cc(Br)ccc1NC(=O)NCC(c1cccc(F)c1)N(C)C. The highest BCUT2D eigenvalue weighted by molar-refractivity contribution is 9.10. The Morgan fingerprint density at radius 1 is 1.25 bits per heavy atom. The maximum absolute atomic E-state index is 13.4. The number of halogens is 2. The topological polar surface area (TPSA) is 44.4 Å². The van der Waals surface area contributed by atoms with Gasteiger partial charge in [0.2, 0.25) is 0 Å². The van der Waals surface area contributed by atoms with E-state index in [2.05, 4.69) is 26.6 Å². The first-order chi connectivity index (χ1) is 11.4. The minimum absolute atomic E-state index is 0.113. The van der Waals surface area contributed by atoms with Crippen molar-refractivity contribution in [3.8, 4) is 0 Å². The van der Waals surface area contributed by atoms with Crippen LogP contribution in [-0.4, -0.2) is 31.6 Å². The molecule has 6 heteroatoms. The second kappa shape index (κ2) is 8.26. The second-order valence-electron chi connectivity index (χ2n) is 5.83. The molecule has 0 fully saturated rings. The molecule has 1 unspecified atom stereocenters. The van der Waals surface area contributed by atoms with E-state index in [0.29, 0.717) is 6.54 Å². The van der Waals surface area contributed by atoms with E-state index in [9.17, 15) is 9.18 Å². The zero-order valence-electron chi connectivity index (χ0n) is 13.9. The first-order valence-corrected chi connectivity index (χ1v) is 8.39. The van der Waals surface area contributed by atoms with Crippen molar-refractivity contribution in [2.75, 3.05) is 26.0 Å². The molecule has 0 aliphatic heterocycles. The van der Waals surface area contributed by atoms with Gasteiger partial charge in [0.25, 0.3) is 0 Å². The van der Waals surface area contributed by atoms with E-state index < -0.39 is 0 Å². The number of nitrogens with one attached hydrogen (secondary N) is 2. The monoisotopic (exact) mass is 393 g/mol. The van der Waals surface area contributed by atoms with Gasteiger partial charge < -0.3 is 15.5 Å². The summed E-state index contributed by atoms with van der Waals surface area (Å²) >= 11 is 3.40. The molecule has 0 aromatic heterocycles. The van der Waals surface area contributed by atoms with Gasteiger partial charge in [0.05, 0.1) is 6.04 Å². The van der Waals surface area contributed by atoms with Crippen molar-refractivity contribution in [2.45, 2.75) is 13.0 Å². The molecule has 2 aromatic carbocycles. The van der Waals surface area contributed by atoms with Crippen LogP contribution in [0.5, 0.6) is 0 Å². The normalized spacial score (nSPS) is 12.1. The number of aryl methyl sites for hydroxylation is 1. The fourth-order valence-electron chi connectivity index (χ4n) is 2.44. The van der Waals surface area contributed by atoms with Gasteiger partial charge in [-0.15, -0.1) is 0 Å². The lowest BCUT2D eigenvalue weighted by molar-refractivity contribution is 0.243. The molecule has 24 heavy (non-hydrogen) atoms. The molecule has 2 aromatic rings. The summed E-state index contributed by atoms with van der Waals surface area (Å²) in [5, 5.41) is 5.68. The number of carbonyl (C=O) groups is 1. The first kappa shape index (κ1) is 18.4. The van der Waals surface area contributed by atoms with Crippen molar-refractivity contribution in [1.82, 2.24) is 10.2 Å². The second-order valence-corrected chi connectivity index (χ2v) is 6.74. The third-order valence-corrected chi connectivity index (χ3v) is 4.24. The number of hydrogen-bond acceptors (Lipinski definition) is 2. The molecular formula is C18H21BrFN3O. The number of anilines is 1. The fraction of sp³-hybridized carbons (Fsp3) is 0.278. The van der Waals surface area contributed by atoms with Crippen LogP contribution < -0.4 is 10.6 Å². The van der Waals surface area contributed by atoms with Crippen molar-refractivity contribution in [3.05, 3.63) is 63.9 Å². The third-order valence-electron chi connectivity index (χ3n) is 3.75. The van der Waals surface area contributed by atoms with Gasteiger partial charge >= 0.3 is 6.03 Å². The Morgan fingerprint density at radius 2 is 2.00 bits per heavy atom. The third kappa shape index (κ3) is 5.04. The Bertz CT molecular complexity index is 721. The zero-order chi connectivity index (χ0) is 17.7. The number of amides is 2. The Kier molecular flexibility index (Phi) is 6.34. The van der Waals surface area contributed by atoms with Gasteiger partial charge in [0.1, 0.15) is 5.82 Å². The van der Waals surface area contributed by atoms with Crippen molar-refractivity contribution in [3.63, 3.8) is 0 Å². The van der Waals surface area contributed by atoms with Gasteiger partial charge in [-0.2, -0.15) is 0 Å². The van der Waals surface area contributed by atoms with Crippen molar-refractivity contribution < 1.29 is 9.18 Å². The number of likely N-dealkylation sites (N-methyl/N-ethyl adjacent to an activating group) is 1. The lowest BCUT2D eigenvalue weighted by Crippen LogP contribution is -2.37. The van der Waals surface area contributed by atoms with Crippen molar-refractivity contribution in [2.24, 2.45) is 0 Å². The number of carbonyl (C=O) groups excluding carboxylic acids is 1. The van der Waals surface area contributed by atoms with Crippen molar-refractivity contribution in [1.29, 1.82) is 0 Å². The predicted molar refractivity (Wildman–Crippen MR) is 98.7 cm³/mol. The molecule has 0 spiro atoms. The molecule has 0 heterocycles. The van der Waals surface area contributed by atoms with Crippen LogP contribution in [0.2, 0.25) is 0 Å². The quantitative estimate of drug-likeness (QED) is 0.794. The van der Waals surface area contributed by atoms with Crippen LogP contribution in [0, 0.1) is 12.7 Å². The average molecular weight is 394 g/mol. The van der Waals surface area contributed by atoms with Crippen LogP contribution in [0.15, 0.2) is 46.9 Å². The van der Waals surface area contributed by atoms with E-state index in [4.69, 9.17) is 0 Å². The Labute approximate surface area is 150 Å². The molecule has 0 aliphatic carbocycles. The summed E-state index contributed by atoms with van der Waals surface area (Å²) in [6, 6.07) is 11.7. The lowest BCUT2D eigenvalue weighted by atomic mass is 10.1. The summed E-state index contributed by atoms with van der Waals surface area (Å²) in [7, 11) is 3.79. The molecular weight excluding hydrogens is 373 g/mol. The van der Waals surface area contributed by atoms with Crippen molar-refractivity contribution >= 4 is 27.6 Å². The molecule has 0 saturated heterocycles. The largest absolute Gasteiger partial charge is 0.336 e. The Morgan fingerprint density at radius 3 is 2.62 bits per heavy atom. The molecule has 0 aliphatic rings. The highest BCUT2D eigenvalue weighted by Gasteiger charge is 2.16. The Balaban J connectivity index is 2.00. The minimum Gasteiger partial charge on any atom is -0.336 e. The van der Waals surface area contributed by atoms with Gasteiger partial charge in [0.15, 0.2) is 0 Å².